The number of H-pyrrole nitrogens is 1. The Morgan fingerprint density at radius 3 is 2.88 bits per heavy atom. The molecule has 0 fully saturated rings. The molecule has 0 aliphatic rings. The number of nitrogens with one attached hydrogen (secondary N) is 2. The third kappa shape index (κ3) is 4.75. The molecule has 8 heteroatoms. The number of aromatic amines is 1. The molecule has 1 heterocycles. The maximum Gasteiger partial charge on any atom is 0.287 e. The minimum atomic E-state index is -0.349. The summed E-state index contributed by atoms with van der Waals surface area (Å²) in [4.78, 5) is 14.7. The zero-order chi connectivity index (χ0) is 17.5. The highest BCUT2D eigenvalue weighted by Gasteiger charge is 2.11. The van der Waals surface area contributed by atoms with Crippen LogP contribution in [0.3, 0.4) is 0 Å². The third-order valence-electron chi connectivity index (χ3n) is 2.97. The minimum Gasteiger partial charge on any atom is -0.493 e. The van der Waals surface area contributed by atoms with Crippen molar-refractivity contribution >= 4 is 39.7 Å². The molecule has 2 aromatic rings. The fraction of sp³-hybridized carbons (Fsp3) is 0.250. The molecule has 0 atom stereocenters. The number of benzene rings is 1. The molecule has 128 valence electrons. The lowest BCUT2D eigenvalue weighted by Crippen LogP contribution is -2.17. The van der Waals surface area contributed by atoms with Crippen LogP contribution in [-0.2, 0) is 0 Å². The van der Waals surface area contributed by atoms with E-state index < -0.39 is 0 Å². The number of hydrazone groups is 1. The summed E-state index contributed by atoms with van der Waals surface area (Å²) in [6.07, 6.45) is 4.01. The lowest BCUT2D eigenvalue weighted by atomic mass is 10.2. The van der Waals surface area contributed by atoms with Crippen LogP contribution in [0, 0.1) is 0 Å². The summed E-state index contributed by atoms with van der Waals surface area (Å²) in [5.41, 5.74) is 3.51. The molecular weight excluding hydrogens is 398 g/mol. The van der Waals surface area contributed by atoms with Gasteiger partial charge in [-0.1, -0.05) is 18.5 Å². The van der Waals surface area contributed by atoms with E-state index in [4.69, 9.17) is 21.1 Å². The van der Waals surface area contributed by atoms with Crippen molar-refractivity contribution in [1.29, 1.82) is 0 Å². The average Bonchev–Trinajstić information content (AvgIpc) is 3.00. The lowest BCUT2D eigenvalue weighted by Gasteiger charge is -2.12. The number of nitrogens with zero attached hydrogens (tertiary/aromatic N) is 1. The highest BCUT2D eigenvalue weighted by molar-refractivity contribution is 9.10. The minimum absolute atomic E-state index is 0.349. The van der Waals surface area contributed by atoms with Gasteiger partial charge in [0.1, 0.15) is 5.69 Å². The van der Waals surface area contributed by atoms with Crippen molar-refractivity contribution in [3.8, 4) is 11.5 Å². The van der Waals surface area contributed by atoms with E-state index in [1.54, 1.807) is 24.4 Å². The third-order valence-corrected chi connectivity index (χ3v) is 3.71. The van der Waals surface area contributed by atoms with E-state index in [0.29, 0.717) is 34.4 Å². The van der Waals surface area contributed by atoms with Crippen molar-refractivity contribution < 1.29 is 14.3 Å². The average molecular weight is 415 g/mol. The Balaban J connectivity index is 2.08. The van der Waals surface area contributed by atoms with Gasteiger partial charge in [0.2, 0.25) is 0 Å². The molecule has 2 rings (SSSR count). The number of rotatable bonds is 7. The Kier molecular flexibility index (Phi) is 6.69. The van der Waals surface area contributed by atoms with E-state index in [0.717, 1.165) is 10.9 Å². The molecule has 0 bridgehead atoms. The number of ether oxygens (including phenoxy) is 2. The van der Waals surface area contributed by atoms with Gasteiger partial charge >= 0.3 is 0 Å². The molecule has 1 amide bonds. The number of carbonyl (C=O) groups excluding carboxylic acids is 1. The predicted molar refractivity (Wildman–Crippen MR) is 97.3 cm³/mol. The molecule has 0 spiro atoms. The predicted octanol–water partition coefficient (Wildman–Crippen LogP) is 3.99. The smallest absolute Gasteiger partial charge is 0.287 e. The molecule has 2 N–H and O–H groups in total. The summed E-state index contributed by atoms with van der Waals surface area (Å²) in [5.74, 6) is 0.661. The van der Waals surface area contributed by atoms with Crippen LogP contribution < -0.4 is 14.9 Å². The van der Waals surface area contributed by atoms with E-state index in [1.807, 2.05) is 6.92 Å². The van der Waals surface area contributed by atoms with E-state index in [9.17, 15) is 4.79 Å². The largest absolute Gasteiger partial charge is 0.493 e. The summed E-state index contributed by atoms with van der Waals surface area (Å²) < 4.78 is 11.7. The van der Waals surface area contributed by atoms with Crippen molar-refractivity contribution in [3.63, 3.8) is 0 Å². The second-order valence-electron chi connectivity index (χ2n) is 4.81. The molecule has 0 unspecified atom stereocenters. The first-order valence-electron chi connectivity index (χ1n) is 7.22. The summed E-state index contributed by atoms with van der Waals surface area (Å²) in [6, 6.07) is 5.08. The van der Waals surface area contributed by atoms with E-state index in [1.165, 1.54) is 13.3 Å². The molecular formula is C16H17BrClN3O3. The maximum absolute atomic E-state index is 11.9. The van der Waals surface area contributed by atoms with Gasteiger partial charge in [-0.25, -0.2) is 5.43 Å². The Hall–Kier alpha value is -1.99. The van der Waals surface area contributed by atoms with Crippen LogP contribution in [0.2, 0.25) is 5.02 Å². The van der Waals surface area contributed by atoms with Crippen LogP contribution in [0.1, 0.15) is 29.4 Å². The fourth-order valence-corrected chi connectivity index (χ4v) is 2.50. The number of methoxy groups -OCH3 is 1. The summed E-state index contributed by atoms with van der Waals surface area (Å²) >= 11 is 9.49. The van der Waals surface area contributed by atoms with Gasteiger partial charge in [-0.2, -0.15) is 5.10 Å². The van der Waals surface area contributed by atoms with Gasteiger partial charge < -0.3 is 14.5 Å². The number of hydrogen-bond acceptors (Lipinski definition) is 4. The van der Waals surface area contributed by atoms with E-state index >= 15 is 0 Å². The first-order valence-corrected chi connectivity index (χ1v) is 8.40. The van der Waals surface area contributed by atoms with Gasteiger partial charge in [0.25, 0.3) is 5.91 Å². The number of amides is 1. The molecule has 0 saturated carbocycles. The zero-order valence-electron chi connectivity index (χ0n) is 13.2. The van der Waals surface area contributed by atoms with Crippen LogP contribution in [-0.4, -0.2) is 30.8 Å². The normalized spacial score (nSPS) is 10.8. The Morgan fingerprint density at radius 1 is 1.46 bits per heavy atom. The van der Waals surface area contributed by atoms with Crippen LogP contribution in [0.25, 0.3) is 0 Å². The summed E-state index contributed by atoms with van der Waals surface area (Å²) in [5, 5.41) is 4.34. The van der Waals surface area contributed by atoms with E-state index in [2.05, 4.69) is 31.4 Å². The first kappa shape index (κ1) is 18.4. The Bertz CT molecular complexity index is 746. The van der Waals surface area contributed by atoms with Crippen molar-refractivity contribution in [2.45, 2.75) is 13.3 Å². The van der Waals surface area contributed by atoms with Crippen LogP contribution >= 0.6 is 27.5 Å². The molecule has 1 aromatic heterocycles. The molecule has 24 heavy (non-hydrogen) atoms. The first-order chi connectivity index (χ1) is 11.5. The summed E-state index contributed by atoms with van der Waals surface area (Å²) in [6.45, 7) is 2.55. The van der Waals surface area contributed by atoms with Crippen molar-refractivity contribution in [3.05, 3.63) is 45.1 Å². The SMILES string of the molecule is CCCOc1c(Cl)cc(/C=N\NC(=O)c2cc(Br)c[nH]2)cc1OC. The zero-order valence-corrected chi connectivity index (χ0v) is 15.6. The van der Waals surface area contributed by atoms with E-state index in [-0.39, 0.29) is 5.91 Å². The van der Waals surface area contributed by atoms with Crippen molar-refractivity contribution in [2.75, 3.05) is 13.7 Å². The van der Waals surface area contributed by atoms with Crippen LogP contribution in [0.4, 0.5) is 0 Å². The van der Waals surface area contributed by atoms with Crippen LogP contribution in [0.5, 0.6) is 11.5 Å². The Labute approximate surface area is 153 Å². The maximum atomic E-state index is 11.9. The fourth-order valence-electron chi connectivity index (χ4n) is 1.88. The standard InChI is InChI=1S/C16H17BrClN3O3/c1-3-4-24-15-12(18)5-10(6-14(15)23-2)8-20-21-16(22)13-7-11(17)9-19-13/h5-9,19H,3-4H2,1-2H3,(H,21,22)/b20-8-. The van der Waals surface area contributed by atoms with Crippen molar-refractivity contribution in [2.24, 2.45) is 5.10 Å². The lowest BCUT2D eigenvalue weighted by molar-refractivity contribution is 0.0951. The highest BCUT2D eigenvalue weighted by Crippen LogP contribution is 2.36. The topological polar surface area (TPSA) is 75.7 Å². The second-order valence-corrected chi connectivity index (χ2v) is 6.14. The molecule has 1 aromatic carbocycles. The molecule has 0 aliphatic carbocycles. The van der Waals surface area contributed by atoms with Gasteiger partial charge in [0, 0.05) is 10.7 Å². The highest BCUT2D eigenvalue weighted by atomic mass is 79.9. The number of aromatic nitrogens is 1. The molecule has 0 saturated heterocycles. The van der Waals surface area contributed by atoms with Gasteiger partial charge in [0.05, 0.1) is 25.0 Å². The Morgan fingerprint density at radius 2 is 2.25 bits per heavy atom. The number of hydrogen-bond donors (Lipinski definition) is 2. The van der Waals surface area contributed by atoms with Gasteiger partial charge in [0.15, 0.2) is 11.5 Å². The molecule has 0 radical (unpaired) electrons. The molecule has 0 aliphatic heterocycles. The van der Waals surface area contributed by atoms with Gasteiger partial charge in [-0.05, 0) is 46.1 Å². The van der Waals surface area contributed by atoms with Crippen molar-refractivity contribution in [1.82, 2.24) is 10.4 Å². The second kappa shape index (κ2) is 8.75. The van der Waals surface area contributed by atoms with Gasteiger partial charge in [-0.3, -0.25) is 4.79 Å². The number of halogens is 2. The quantitative estimate of drug-likeness (QED) is 0.531. The van der Waals surface area contributed by atoms with Crippen LogP contribution in [0.15, 0.2) is 34.0 Å². The van der Waals surface area contributed by atoms with Gasteiger partial charge in [-0.15, -0.1) is 0 Å². The summed E-state index contributed by atoms with van der Waals surface area (Å²) in [7, 11) is 1.54. The number of carbonyl (C=O) groups is 1. The molecule has 6 nitrogen and oxygen atoms in total. The monoisotopic (exact) mass is 413 g/mol.